The second kappa shape index (κ2) is 7.17. The second-order valence-corrected chi connectivity index (χ2v) is 9.81. The van der Waals surface area contributed by atoms with Crippen LogP contribution in [0.3, 0.4) is 0 Å². The highest BCUT2D eigenvalue weighted by atomic mass is 32.1. The highest BCUT2D eigenvalue weighted by molar-refractivity contribution is 7.15. The quantitative estimate of drug-likeness (QED) is 0.668. The van der Waals surface area contributed by atoms with Crippen LogP contribution in [0.15, 0.2) is 34.9 Å². The lowest BCUT2D eigenvalue weighted by molar-refractivity contribution is -0.0928. The zero-order valence-corrected chi connectivity index (χ0v) is 18.0. The average Bonchev–Trinajstić information content (AvgIpc) is 3.33. The summed E-state index contributed by atoms with van der Waals surface area (Å²) in [6.07, 6.45) is 4.74. The Hall–Kier alpha value is -2.71. The number of carbonyl (C=O) groups is 1. The van der Waals surface area contributed by atoms with E-state index in [1.807, 2.05) is 23.1 Å². The van der Waals surface area contributed by atoms with Crippen molar-refractivity contribution in [1.82, 2.24) is 15.0 Å². The van der Waals surface area contributed by atoms with Crippen LogP contribution in [-0.4, -0.2) is 40.6 Å². The highest BCUT2D eigenvalue weighted by Crippen LogP contribution is 2.46. The van der Waals surface area contributed by atoms with E-state index in [4.69, 9.17) is 15.0 Å². The molecule has 1 amide bonds. The molecule has 8 heteroatoms. The molecule has 2 N–H and O–H groups in total. The summed E-state index contributed by atoms with van der Waals surface area (Å²) < 4.78 is 11.7. The molecule has 1 aliphatic carbocycles. The normalized spacial score (nSPS) is 20.1. The van der Waals surface area contributed by atoms with Gasteiger partial charge >= 0.3 is 0 Å². The number of hydrogen-bond donors (Lipinski definition) is 1. The van der Waals surface area contributed by atoms with E-state index in [1.54, 1.807) is 17.4 Å². The minimum Gasteiger partial charge on any atom is -0.384 e. The summed E-state index contributed by atoms with van der Waals surface area (Å²) in [7, 11) is 0. The standard InChI is InChI=1S/C23H24N4O3S/c24-21-3-1-2-16(25-21)20-12-15-19(31-20)6-11-29-23(15)7-9-27(10-8-23)22(28)18-13-17(26-30-18)14-4-5-14/h1-3,12-14H,4-11H2,(H2,24,25). The van der Waals surface area contributed by atoms with Crippen molar-refractivity contribution < 1.29 is 14.1 Å². The molecule has 2 fully saturated rings. The molecule has 31 heavy (non-hydrogen) atoms. The number of fused-ring (bicyclic) bond motifs is 2. The number of nitrogen functional groups attached to an aromatic ring is 1. The van der Waals surface area contributed by atoms with E-state index < -0.39 is 0 Å². The highest BCUT2D eigenvalue weighted by Gasteiger charge is 2.43. The lowest BCUT2D eigenvalue weighted by Gasteiger charge is -2.43. The summed E-state index contributed by atoms with van der Waals surface area (Å²) in [6, 6.07) is 9.77. The largest absolute Gasteiger partial charge is 0.384 e. The fraction of sp³-hybridized carbons (Fsp3) is 0.435. The Bertz CT molecular complexity index is 1140. The molecule has 1 spiro atoms. The Morgan fingerprint density at radius 2 is 2.06 bits per heavy atom. The molecule has 1 saturated carbocycles. The molecule has 1 saturated heterocycles. The molecular formula is C23H24N4O3S. The zero-order chi connectivity index (χ0) is 21.0. The Balaban J connectivity index is 1.22. The van der Waals surface area contributed by atoms with Gasteiger partial charge in [-0.15, -0.1) is 11.3 Å². The zero-order valence-electron chi connectivity index (χ0n) is 17.2. The number of ether oxygens (including phenoxy) is 1. The van der Waals surface area contributed by atoms with Crippen LogP contribution in [0.4, 0.5) is 5.82 Å². The van der Waals surface area contributed by atoms with Gasteiger partial charge < -0.3 is 19.9 Å². The SMILES string of the molecule is Nc1cccc(-c2cc3c(s2)CCOC32CCN(C(=O)c3cc(C4CC4)no3)CC2)n1. The van der Waals surface area contributed by atoms with Crippen LogP contribution in [0.25, 0.3) is 10.6 Å². The van der Waals surface area contributed by atoms with Crippen LogP contribution < -0.4 is 5.73 Å². The Labute approximate surface area is 184 Å². The Morgan fingerprint density at radius 3 is 2.84 bits per heavy atom. The molecule has 3 aromatic heterocycles. The monoisotopic (exact) mass is 436 g/mol. The minimum atomic E-state index is -0.333. The molecule has 0 aromatic carbocycles. The minimum absolute atomic E-state index is 0.0692. The number of amides is 1. The first kappa shape index (κ1) is 19.0. The van der Waals surface area contributed by atoms with Crippen LogP contribution in [0.2, 0.25) is 0 Å². The van der Waals surface area contributed by atoms with Gasteiger partial charge in [-0.2, -0.15) is 0 Å². The van der Waals surface area contributed by atoms with Gasteiger partial charge in [0.05, 0.1) is 28.5 Å². The number of carbonyl (C=O) groups excluding carboxylic acids is 1. The maximum atomic E-state index is 12.9. The fourth-order valence-electron chi connectivity index (χ4n) is 4.73. The van der Waals surface area contributed by atoms with Gasteiger partial charge in [0.1, 0.15) is 5.82 Å². The van der Waals surface area contributed by atoms with Gasteiger partial charge in [-0.1, -0.05) is 11.2 Å². The number of piperidine rings is 1. The molecule has 6 rings (SSSR count). The van der Waals surface area contributed by atoms with E-state index in [0.29, 0.717) is 37.2 Å². The van der Waals surface area contributed by atoms with E-state index in [9.17, 15) is 4.79 Å². The number of nitrogens with two attached hydrogens (primary N) is 1. The van der Waals surface area contributed by atoms with Crippen molar-refractivity contribution in [1.29, 1.82) is 0 Å². The van der Waals surface area contributed by atoms with E-state index in [2.05, 4.69) is 16.2 Å². The lowest BCUT2D eigenvalue weighted by atomic mass is 9.82. The van der Waals surface area contributed by atoms with Crippen LogP contribution in [0.5, 0.6) is 0 Å². The first-order chi connectivity index (χ1) is 15.1. The number of aromatic nitrogens is 2. The van der Waals surface area contributed by atoms with E-state index in [1.165, 1.54) is 10.4 Å². The smallest absolute Gasteiger partial charge is 0.292 e. The Kier molecular flexibility index (Phi) is 4.40. The number of nitrogens with zero attached hydrogens (tertiary/aromatic N) is 3. The van der Waals surface area contributed by atoms with Gasteiger partial charge in [0.15, 0.2) is 0 Å². The molecule has 7 nitrogen and oxygen atoms in total. The number of likely N-dealkylation sites (tertiary alicyclic amines) is 1. The molecule has 0 bridgehead atoms. The van der Waals surface area contributed by atoms with Gasteiger partial charge in [0.25, 0.3) is 5.91 Å². The molecule has 2 aliphatic heterocycles. The third-order valence-corrected chi connectivity index (χ3v) is 7.84. The van der Waals surface area contributed by atoms with Gasteiger partial charge in [-0.05, 0) is 49.4 Å². The van der Waals surface area contributed by atoms with Crippen LogP contribution >= 0.6 is 11.3 Å². The molecule has 3 aliphatic rings. The van der Waals surface area contributed by atoms with Crippen molar-refractivity contribution in [2.45, 2.75) is 43.6 Å². The van der Waals surface area contributed by atoms with Gasteiger partial charge in [-0.25, -0.2) is 4.98 Å². The third kappa shape index (κ3) is 3.34. The summed E-state index contributed by atoms with van der Waals surface area (Å²) in [4.78, 5) is 21.8. The fourth-order valence-corrected chi connectivity index (χ4v) is 5.93. The number of thiophene rings is 1. The van der Waals surface area contributed by atoms with Crippen molar-refractivity contribution in [3.05, 3.63) is 52.2 Å². The maximum Gasteiger partial charge on any atom is 0.292 e. The van der Waals surface area contributed by atoms with Crippen molar-refractivity contribution in [3.8, 4) is 10.6 Å². The molecule has 0 atom stereocenters. The van der Waals surface area contributed by atoms with Gasteiger partial charge in [0.2, 0.25) is 5.76 Å². The summed E-state index contributed by atoms with van der Waals surface area (Å²) in [5.41, 5.74) is 8.63. The molecular weight excluding hydrogens is 412 g/mol. The summed E-state index contributed by atoms with van der Waals surface area (Å²) >= 11 is 1.78. The van der Waals surface area contributed by atoms with E-state index in [-0.39, 0.29) is 11.5 Å². The lowest BCUT2D eigenvalue weighted by Crippen LogP contribution is -2.48. The first-order valence-electron chi connectivity index (χ1n) is 10.9. The van der Waals surface area contributed by atoms with Gasteiger partial charge in [-0.3, -0.25) is 4.79 Å². The number of rotatable bonds is 3. The molecule has 0 radical (unpaired) electrons. The summed E-state index contributed by atoms with van der Waals surface area (Å²) in [5, 5.41) is 4.08. The van der Waals surface area contributed by atoms with Crippen molar-refractivity contribution >= 4 is 23.1 Å². The number of pyridine rings is 1. The maximum absolute atomic E-state index is 12.9. The van der Waals surface area contributed by atoms with Crippen LogP contribution in [0, 0.1) is 0 Å². The number of hydrogen-bond acceptors (Lipinski definition) is 7. The van der Waals surface area contributed by atoms with Crippen molar-refractivity contribution in [2.24, 2.45) is 0 Å². The first-order valence-corrected chi connectivity index (χ1v) is 11.7. The molecule has 3 aromatic rings. The topological polar surface area (TPSA) is 94.5 Å². The molecule has 160 valence electrons. The van der Waals surface area contributed by atoms with Crippen molar-refractivity contribution in [3.63, 3.8) is 0 Å². The average molecular weight is 437 g/mol. The summed E-state index contributed by atoms with van der Waals surface area (Å²) in [5.74, 6) is 1.29. The Morgan fingerprint density at radius 1 is 1.23 bits per heavy atom. The number of anilines is 1. The van der Waals surface area contributed by atoms with E-state index >= 15 is 0 Å². The van der Waals surface area contributed by atoms with E-state index in [0.717, 1.165) is 48.4 Å². The molecule has 0 unspecified atom stereocenters. The second-order valence-electron chi connectivity index (χ2n) is 8.67. The predicted octanol–water partition coefficient (Wildman–Crippen LogP) is 3.96. The van der Waals surface area contributed by atoms with Crippen molar-refractivity contribution in [2.75, 3.05) is 25.4 Å². The van der Waals surface area contributed by atoms with Gasteiger partial charge in [0, 0.05) is 36.4 Å². The predicted molar refractivity (Wildman–Crippen MR) is 117 cm³/mol. The van der Waals surface area contributed by atoms with Crippen LogP contribution in [0.1, 0.15) is 58.3 Å². The summed E-state index contributed by atoms with van der Waals surface area (Å²) in [6.45, 7) is 1.98. The van der Waals surface area contributed by atoms with Crippen LogP contribution in [-0.2, 0) is 16.8 Å². The third-order valence-electron chi connectivity index (χ3n) is 6.62. The molecule has 5 heterocycles.